The van der Waals surface area contributed by atoms with Crippen LogP contribution in [0.2, 0.25) is 0 Å². The fraction of sp³-hybridized carbons (Fsp3) is 0.0667. The zero-order valence-corrected chi connectivity index (χ0v) is 10.7. The molecule has 1 N–H and O–H groups in total. The second-order valence-corrected chi connectivity index (χ2v) is 4.51. The first kappa shape index (κ1) is 12.3. The summed E-state index contributed by atoms with van der Waals surface area (Å²) in [6.45, 7) is 0. The molecule has 0 aliphatic heterocycles. The molecule has 20 heavy (non-hydrogen) atoms. The van der Waals surface area contributed by atoms with Gasteiger partial charge in [0.15, 0.2) is 0 Å². The summed E-state index contributed by atoms with van der Waals surface area (Å²) in [7, 11) is 1.82. The predicted octanol–water partition coefficient (Wildman–Crippen LogP) is 3.08. The Morgan fingerprint density at radius 3 is 2.80 bits per heavy atom. The minimum Gasteiger partial charge on any atom is -0.478 e. The lowest BCUT2D eigenvalue weighted by atomic mass is 10.1. The molecule has 2 aromatic carbocycles. The smallest absolute Gasteiger partial charge is 0.335 e. The van der Waals surface area contributed by atoms with Gasteiger partial charge in [0.25, 0.3) is 0 Å². The Kier molecular flexibility index (Phi) is 2.75. The molecular weight excluding hydrogens is 259 g/mol. The van der Waals surface area contributed by atoms with Crippen LogP contribution >= 0.6 is 0 Å². The molecule has 1 heterocycles. The highest BCUT2D eigenvalue weighted by Crippen LogP contribution is 2.24. The number of imidazole rings is 1. The van der Waals surface area contributed by atoms with Gasteiger partial charge in [-0.05, 0) is 24.3 Å². The number of benzene rings is 2. The molecule has 0 saturated heterocycles. The minimum atomic E-state index is -0.989. The molecule has 0 fully saturated rings. The van der Waals surface area contributed by atoms with E-state index in [1.807, 2.05) is 11.6 Å². The molecule has 0 bridgehead atoms. The number of carboxylic acids is 1. The number of nitrogens with zero attached hydrogens (tertiary/aromatic N) is 2. The summed E-state index contributed by atoms with van der Waals surface area (Å²) in [5.74, 6) is -0.730. The lowest BCUT2D eigenvalue weighted by Gasteiger charge is -2.03. The number of hydrogen-bond acceptors (Lipinski definition) is 2. The second-order valence-electron chi connectivity index (χ2n) is 4.51. The molecular formula is C15H11FN2O2. The summed E-state index contributed by atoms with van der Waals surface area (Å²) in [4.78, 5) is 15.4. The van der Waals surface area contributed by atoms with E-state index in [0.717, 1.165) is 5.52 Å². The molecule has 100 valence electrons. The van der Waals surface area contributed by atoms with Crippen molar-refractivity contribution in [3.05, 3.63) is 53.8 Å². The monoisotopic (exact) mass is 270 g/mol. The zero-order chi connectivity index (χ0) is 14.3. The number of rotatable bonds is 2. The summed E-state index contributed by atoms with van der Waals surface area (Å²) < 4.78 is 15.0. The molecule has 0 aliphatic carbocycles. The van der Waals surface area contributed by atoms with Crippen molar-refractivity contribution in [3.8, 4) is 11.4 Å². The van der Waals surface area contributed by atoms with Crippen LogP contribution in [-0.4, -0.2) is 20.6 Å². The van der Waals surface area contributed by atoms with E-state index in [4.69, 9.17) is 5.11 Å². The first-order chi connectivity index (χ1) is 9.56. The molecule has 0 unspecified atom stereocenters. The number of halogens is 1. The molecule has 5 heteroatoms. The number of carbonyl (C=O) groups is 1. The number of fused-ring (bicyclic) bond motifs is 1. The normalized spacial score (nSPS) is 10.9. The largest absolute Gasteiger partial charge is 0.478 e. The van der Waals surface area contributed by atoms with Crippen LogP contribution in [0.25, 0.3) is 22.4 Å². The molecule has 0 radical (unpaired) electrons. The fourth-order valence-electron chi connectivity index (χ4n) is 2.22. The highest BCUT2D eigenvalue weighted by Gasteiger charge is 2.12. The Morgan fingerprint density at radius 1 is 1.25 bits per heavy atom. The Labute approximate surface area is 114 Å². The van der Waals surface area contributed by atoms with E-state index in [9.17, 15) is 9.18 Å². The Balaban J connectivity index is 2.21. The Morgan fingerprint density at radius 2 is 2.05 bits per heavy atom. The maximum atomic E-state index is 13.2. The van der Waals surface area contributed by atoms with E-state index in [1.54, 1.807) is 24.3 Å². The zero-order valence-electron chi connectivity index (χ0n) is 10.7. The molecule has 3 aromatic rings. The number of aromatic carboxylic acids is 1. The quantitative estimate of drug-likeness (QED) is 0.778. The van der Waals surface area contributed by atoms with E-state index in [0.29, 0.717) is 16.9 Å². The number of aryl methyl sites for hydroxylation is 1. The standard InChI is InChI=1S/C15H11FN2O2/c1-18-13-6-5-11(16)8-12(13)17-14(18)9-3-2-4-10(7-9)15(19)20/h2-8H,1H3,(H,19,20). The van der Waals surface area contributed by atoms with E-state index in [-0.39, 0.29) is 11.4 Å². The van der Waals surface area contributed by atoms with Crippen LogP contribution in [-0.2, 0) is 7.05 Å². The van der Waals surface area contributed by atoms with Crippen molar-refractivity contribution in [2.75, 3.05) is 0 Å². The van der Waals surface area contributed by atoms with Gasteiger partial charge in [-0.1, -0.05) is 12.1 Å². The van der Waals surface area contributed by atoms with Gasteiger partial charge in [-0.15, -0.1) is 0 Å². The highest BCUT2D eigenvalue weighted by molar-refractivity contribution is 5.89. The highest BCUT2D eigenvalue weighted by atomic mass is 19.1. The van der Waals surface area contributed by atoms with Crippen LogP contribution < -0.4 is 0 Å². The average Bonchev–Trinajstić information content (AvgIpc) is 2.75. The topological polar surface area (TPSA) is 55.1 Å². The molecule has 0 spiro atoms. The third-order valence-corrected chi connectivity index (χ3v) is 3.21. The molecule has 0 saturated carbocycles. The predicted molar refractivity (Wildman–Crippen MR) is 73.1 cm³/mol. The average molecular weight is 270 g/mol. The molecule has 4 nitrogen and oxygen atoms in total. The van der Waals surface area contributed by atoms with Crippen molar-refractivity contribution < 1.29 is 14.3 Å². The summed E-state index contributed by atoms with van der Waals surface area (Å²) >= 11 is 0. The SMILES string of the molecule is Cn1c(-c2cccc(C(=O)O)c2)nc2cc(F)ccc21. The maximum absolute atomic E-state index is 13.2. The molecule has 0 amide bonds. The Bertz CT molecular complexity index is 824. The van der Waals surface area contributed by atoms with E-state index in [2.05, 4.69) is 4.98 Å². The van der Waals surface area contributed by atoms with Gasteiger partial charge >= 0.3 is 5.97 Å². The van der Waals surface area contributed by atoms with Crippen LogP contribution in [0.4, 0.5) is 4.39 Å². The lowest BCUT2D eigenvalue weighted by Crippen LogP contribution is -1.98. The van der Waals surface area contributed by atoms with Crippen LogP contribution in [0.3, 0.4) is 0 Å². The van der Waals surface area contributed by atoms with Crippen molar-refractivity contribution in [1.29, 1.82) is 0 Å². The Hall–Kier alpha value is -2.69. The lowest BCUT2D eigenvalue weighted by molar-refractivity contribution is 0.0697. The van der Waals surface area contributed by atoms with Crippen LogP contribution in [0.15, 0.2) is 42.5 Å². The molecule has 0 atom stereocenters. The number of aromatic nitrogens is 2. The summed E-state index contributed by atoms with van der Waals surface area (Å²) in [5.41, 5.74) is 2.22. The first-order valence-corrected chi connectivity index (χ1v) is 6.02. The first-order valence-electron chi connectivity index (χ1n) is 6.02. The van der Waals surface area contributed by atoms with E-state index < -0.39 is 5.97 Å². The van der Waals surface area contributed by atoms with Crippen LogP contribution in [0, 0.1) is 5.82 Å². The van der Waals surface area contributed by atoms with Crippen molar-refractivity contribution in [1.82, 2.24) is 9.55 Å². The van der Waals surface area contributed by atoms with Gasteiger partial charge in [-0.3, -0.25) is 0 Å². The van der Waals surface area contributed by atoms with E-state index in [1.165, 1.54) is 18.2 Å². The van der Waals surface area contributed by atoms with Crippen molar-refractivity contribution >= 4 is 17.0 Å². The summed E-state index contributed by atoms with van der Waals surface area (Å²) in [6.07, 6.45) is 0. The molecule has 3 rings (SSSR count). The van der Waals surface area contributed by atoms with Gasteiger partial charge in [-0.2, -0.15) is 0 Å². The van der Waals surface area contributed by atoms with Gasteiger partial charge in [0, 0.05) is 18.7 Å². The van der Waals surface area contributed by atoms with E-state index >= 15 is 0 Å². The van der Waals surface area contributed by atoms with Gasteiger partial charge in [-0.25, -0.2) is 14.2 Å². The van der Waals surface area contributed by atoms with Gasteiger partial charge < -0.3 is 9.67 Å². The second kappa shape index (κ2) is 4.45. The van der Waals surface area contributed by atoms with Gasteiger partial charge in [0.05, 0.1) is 16.6 Å². The third kappa shape index (κ3) is 1.93. The van der Waals surface area contributed by atoms with Crippen molar-refractivity contribution in [2.45, 2.75) is 0 Å². The number of carboxylic acid groups (broad SMARTS) is 1. The summed E-state index contributed by atoms with van der Waals surface area (Å²) in [5, 5.41) is 9.02. The summed E-state index contributed by atoms with van der Waals surface area (Å²) in [6, 6.07) is 10.9. The van der Waals surface area contributed by atoms with Gasteiger partial charge in [0.1, 0.15) is 11.6 Å². The molecule has 1 aromatic heterocycles. The van der Waals surface area contributed by atoms with Crippen molar-refractivity contribution in [3.63, 3.8) is 0 Å². The number of hydrogen-bond donors (Lipinski definition) is 1. The van der Waals surface area contributed by atoms with Crippen LogP contribution in [0.5, 0.6) is 0 Å². The maximum Gasteiger partial charge on any atom is 0.335 e. The fourth-order valence-corrected chi connectivity index (χ4v) is 2.22. The third-order valence-electron chi connectivity index (χ3n) is 3.21. The van der Waals surface area contributed by atoms with Crippen LogP contribution in [0.1, 0.15) is 10.4 Å². The van der Waals surface area contributed by atoms with Crippen molar-refractivity contribution in [2.24, 2.45) is 7.05 Å². The minimum absolute atomic E-state index is 0.195. The van der Waals surface area contributed by atoms with Gasteiger partial charge in [0.2, 0.25) is 0 Å². The molecule has 0 aliphatic rings.